The number of carbonyl (C=O) groups excluding carboxylic acids is 1. The number of methoxy groups -OCH3 is 2. The number of carboxylic acids is 1. The standard InChI is InChI=1S/C16H22N2O7S/c1-24-13-6-5-11(10-14(13)25-2)26(22,23)17-8-7-15(19)18-9-3-4-12(18)16(20)21/h5-6,10,12,17H,3-4,7-9H2,1-2H3,(H,20,21)/t12-/m0/s1. The zero-order valence-electron chi connectivity index (χ0n) is 14.6. The summed E-state index contributed by atoms with van der Waals surface area (Å²) in [4.78, 5) is 24.5. The molecule has 0 spiro atoms. The number of carboxylic acid groups (broad SMARTS) is 1. The van der Waals surface area contributed by atoms with E-state index in [9.17, 15) is 18.0 Å². The van der Waals surface area contributed by atoms with Crippen LogP contribution in [0, 0.1) is 0 Å². The lowest BCUT2D eigenvalue weighted by atomic mass is 10.2. The fourth-order valence-electron chi connectivity index (χ4n) is 2.82. The number of benzene rings is 1. The van der Waals surface area contributed by atoms with Crippen molar-refractivity contribution in [2.24, 2.45) is 0 Å². The number of carbonyl (C=O) groups is 2. The third-order valence-corrected chi connectivity index (χ3v) is 5.61. The minimum absolute atomic E-state index is 0.0211. The SMILES string of the molecule is COc1ccc(S(=O)(=O)NCCC(=O)N2CCC[C@H]2C(=O)O)cc1OC. The molecular weight excluding hydrogens is 364 g/mol. The molecule has 0 aliphatic carbocycles. The van der Waals surface area contributed by atoms with Gasteiger partial charge in [-0.15, -0.1) is 0 Å². The number of nitrogens with zero attached hydrogens (tertiary/aromatic N) is 1. The van der Waals surface area contributed by atoms with Crippen LogP contribution in [-0.4, -0.2) is 63.7 Å². The molecule has 0 unspecified atom stereocenters. The third-order valence-electron chi connectivity index (χ3n) is 4.15. The van der Waals surface area contributed by atoms with Gasteiger partial charge in [-0.25, -0.2) is 17.9 Å². The number of hydrogen-bond acceptors (Lipinski definition) is 6. The molecule has 0 aromatic heterocycles. The van der Waals surface area contributed by atoms with Gasteiger partial charge in [0.15, 0.2) is 11.5 Å². The number of likely N-dealkylation sites (tertiary alicyclic amines) is 1. The fraction of sp³-hybridized carbons (Fsp3) is 0.500. The van der Waals surface area contributed by atoms with Crippen molar-refractivity contribution >= 4 is 21.9 Å². The second-order valence-corrected chi connectivity index (χ2v) is 7.51. The maximum absolute atomic E-state index is 12.3. The van der Waals surface area contributed by atoms with Crippen molar-refractivity contribution in [3.8, 4) is 11.5 Å². The quantitative estimate of drug-likeness (QED) is 0.665. The molecule has 10 heteroatoms. The largest absolute Gasteiger partial charge is 0.493 e. The van der Waals surface area contributed by atoms with Crippen LogP contribution in [0.15, 0.2) is 23.1 Å². The monoisotopic (exact) mass is 386 g/mol. The van der Waals surface area contributed by atoms with E-state index in [1.165, 1.54) is 37.3 Å². The first kappa shape index (κ1) is 20.0. The molecule has 144 valence electrons. The Morgan fingerprint density at radius 2 is 1.96 bits per heavy atom. The molecule has 1 atom stereocenters. The van der Waals surface area contributed by atoms with Crippen molar-refractivity contribution < 1.29 is 32.6 Å². The predicted octanol–water partition coefficient (Wildman–Crippen LogP) is 0.448. The summed E-state index contributed by atoms with van der Waals surface area (Å²) in [5, 5.41) is 9.10. The first-order valence-corrected chi connectivity index (χ1v) is 9.52. The Morgan fingerprint density at radius 3 is 2.58 bits per heavy atom. The summed E-state index contributed by atoms with van der Waals surface area (Å²) in [6.45, 7) is 0.247. The summed E-state index contributed by atoms with van der Waals surface area (Å²) in [5.74, 6) is -0.755. The lowest BCUT2D eigenvalue weighted by Gasteiger charge is -2.21. The second kappa shape index (κ2) is 8.37. The summed E-state index contributed by atoms with van der Waals surface area (Å²) in [7, 11) is -0.998. The Morgan fingerprint density at radius 1 is 1.27 bits per heavy atom. The molecule has 0 radical (unpaired) electrons. The lowest BCUT2D eigenvalue weighted by molar-refractivity contribution is -0.148. The van der Waals surface area contributed by atoms with Crippen LogP contribution in [0.25, 0.3) is 0 Å². The van der Waals surface area contributed by atoms with Gasteiger partial charge in [-0.05, 0) is 25.0 Å². The normalized spacial score (nSPS) is 17.2. The van der Waals surface area contributed by atoms with E-state index in [2.05, 4.69) is 4.72 Å². The molecule has 0 bridgehead atoms. The number of sulfonamides is 1. The van der Waals surface area contributed by atoms with Gasteiger partial charge in [0, 0.05) is 25.6 Å². The molecule has 1 aromatic rings. The third kappa shape index (κ3) is 4.44. The molecule has 1 saturated heterocycles. The van der Waals surface area contributed by atoms with Crippen LogP contribution in [-0.2, 0) is 19.6 Å². The highest BCUT2D eigenvalue weighted by atomic mass is 32.2. The molecule has 1 aliphatic rings. The summed E-state index contributed by atoms with van der Waals surface area (Å²) < 4.78 is 37.2. The summed E-state index contributed by atoms with van der Waals surface area (Å²) >= 11 is 0. The van der Waals surface area contributed by atoms with Crippen molar-refractivity contribution in [3.05, 3.63) is 18.2 Å². The zero-order valence-corrected chi connectivity index (χ0v) is 15.4. The van der Waals surface area contributed by atoms with E-state index in [1.54, 1.807) is 0 Å². The molecule has 26 heavy (non-hydrogen) atoms. The van der Waals surface area contributed by atoms with Gasteiger partial charge in [0.05, 0.1) is 19.1 Å². The second-order valence-electron chi connectivity index (χ2n) is 5.75. The van der Waals surface area contributed by atoms with Crippen LogP contribution < -0.4 is 14.2 Å². The molecule has 1 amide bonds. The number of aliphatic carboxylic acids is 1. The summed E-state index contributed by atoms with van der Waals surface area (Å²) in [5.41, 5.74) is 0. The first-order chi connectivity index (χ1) is 12.3. The van der Waals surface area contributed by atoms with Gasteiger partial charge in [0.2, 0.25) is 15.9 Å². The van der Waals surface area contributed by atoms with Crippen LogP contribution >= 0.6 is 0 Å². The molecule has 2 N–H and O–H groups in total. The highest BCUT2D eigenvalue weighted by molar-refractivity contribution is 7.89. The van der Waals surface area contributed by atoms with Crippen molar-refractivity contribution in [2.45, 2.75) is 30.2 Å². The van der Waals surface area contributed by atoms with E-state index < -0.39 is 22.0 Å². The maximum atomic E-state index is 12.3. The first-order valence-electron chi connectivity index (χ1n) is 8.04. The Balaban J connectivity index is 1.98. The minimum Gasteiger partial charge on any atom is -0.493 e. The number of amides is 1. The van der Waals surface area contributed by atoms with Crippen LogP contribution in [0.1, 0.15) is 19.3 Å². The van der Waals surface area contributed by atoms with Crippen LogP contribution in [0.2, 0.25) is 0 Å². The number of hydrogen-bond donors (Lipinski definition) is 2. The van der Waals surface area contributed by atoms with Crippen molar-refractivity contribution in [2.75, 3.05) is 27.3 Å². The minimum atomic E-state index is -3.84. The number of nitrogens with one attached hydrogen (secondary N) is 1. The van der Waals surface area contributed by atoms with E-state index in [-0.39, 0.29) is 29.5 Å². The van der Waals surface area contributed by atoms with Gasteiger partial charge in [-0.3, -0.25) is 4.79 Å². The van der Waals surface area contributed by atoms with Crippen molar-refractivity contribution in [1.82, 2.24) is 9.62 Å². The Labute approximate surface area is 151 Å². The van der Waals surface area contributed by atoms with Crippen LogP contribution in [0.4, 0.5) is 0 Å². The molecule has 1 aromatic carbocycles. The molecular formula is C16H22N2O7S. The van der Waals surface area contributed by atoms with E-state index in [4.69, 9.17) is 14.6 Å². The zero-order chi connectivity index (χ0) is 19.3. The van der Waals surface area contributed by atoms with Gasteiger partial charge >= 0.3 is 5.97 Å². The van der Waals surface area contributed by atoms with Crippen molar-refractivity contribution in [3.63, 3.8) is 0 Å². The van der Waals surface area contributed by atoms with E-state index in [0.717, 1.165) is 0 Å². The summed E-state index contributed by atoms with van der Waals surface area (Å²) in [6, 6.07) is 3.33. The molecule has 1 heterocycles. The molecule has 2 rings (SSSR count). The Hall–Kier alpha value is -2.33. The highest BCUT2D eigenvalue weighted by Gasteiger charge is 2.33. The maximum Gasteiger partial charge on any atom is 0.326 e. The summed E-state index contributed by atoms with van der Waals surface area (Å²) in [6.07, 6.45) is 0.925. The molecule has 1 aliphatic heterocycles. The lowest BCUT2D eigenvalue weighted by Crippen LogP contribution is -2.41. The topological polar surface area (TPSA) is 122 Å². The predicted molar refractivity (Wildman–Crippen MR) is 91.7 cm³/mol. The smallest absolute Gasteiger partial charge is 0.326 e. The number of ether oxygens (including phenoxy) is 2. The van der Waals surface area contributed by atoms with E-state index >= 15 is 0 Å². The van der Waals surface area contributed by atoms with Gasteiger partial charge < -0.3 is 19.5 Å². The molecule has 1 fully saturated rings. The van der Waals surface area contributed by atoms with Crippen LogP contribution in [0.5, 0.6) is 11.5 Å². The average molecular weight is 386 g/mol. The van der Waals surface area contributed by atoms with Gasteiger partial charge in [0.1, 0.15) is 6.04 Å². The van der Waals surface area contributed by atoms with E-state index in [1.807, 2.05) is 0 Å². The van der Waals surface area contributed by atoms with E-state index in [0.29, 0.717) is 25.1 Å². The number of rotatable bonds is 8. The Bertz CT molecular complexity index is 779. The Kier molecular flexibility index (Phi) is 6.43. The van der Waals surface area contributed by atoms with Gasteiger partial charge in [0.25, 0.3) is 0 Å². The van der Waals surface area contributed by atoms with Crippen molar-refractivity contribution in [1.29, 1.82) is 0 Å². The van der Waals surface area contributed by atoms with Crippen LogP contribution in [0.3, 0.4) is 0 Å². The average Bonchev–Trinajstić information content (AvgIpc) is 3.11. The molecule has 9 nitrogen and oxygen atoms in total. The van der Waals surface area contributed by atoms with Gasteiger partial charge in [-0.1, -0.05) is 0 Å². The van der Waals surface area contributed by atoms with Gasteiger partial charge in [-0.2, -0.15) is 0 Å². The fourth-order valence-corrected chi connectivity index (χ4v) is 3.87. The molecule has 0 saturated carbocycles. The highest BCUT2D eigenvalue weighted by Crippen LogP contribution is 2.29.